The van der Waals surface area contributed by atoms with Crippen LogP contribution in [0.3, 0.4) is 0 Å². The van der Waals surface area contributed by atoms with Crippen molar-refractivity contribution in [1.29, 1.82) is 0 Å². The number of aromatic amines is 2. The fraction of sp³-hybridized carbons (Fsp3) is 0.194. The second kappa shape index (κ2) is 11.3. The van der Waals surface area contributed by atoms with Crippen molar-refractivity contribution in [3.63, 3.8) is 0 Å². The number of rotatable bonds is 8. The van der Waals surface area contributed by atoms with E-state index >= 15 is 0 Å². The molecule has 0 radical (unpaired) electrons. The molecule has 1 aliphatic heterocycles. The molecule has 2 aromatic heterocycles. The first-order chi connectivity index (χ1) is 19.0. The number of para-hydroxylation sites is 1. The van der Waals surface area contributed by atoms with Gasteiger partial charge in [0, 0.05) is 47.3 Å². The molecule has 198 valence electrons. The number of nitrogens with one attached hydrogen (secondary N) is 3. The molecule has 5 rings (SSSR count). The van der Waals surface area contributed by atoms with Crippen molar-refractivity contribution in [3.05, 3.63) is 118 Å². The van der Waals surface area contributed by atoms with Gasteiger partial charge < -0.3 is 24.8 Å². The van der Waals surface area contributed by atoms with Crippen molar-refractivity contribution in [2.24, 2.45) is 0 Å². The number of esters is 2. The molecule has 0 saturated heterocycles. The summed E-state index contributed by atoms with van der Waals surface area (Å²) in [5.41, 5.74) is 5.89. The van der Waals surface area contributed by atoms with E-state index in [1.807, 2.05) is 80.8 Å². The molecule has 1 unspecified atom stereocenters. The molecule has 8 heteroatoms. The zero-order valence-electron chi connectivity index (χ0n) is 22.1. The second-order valence-corrected chi connectivity index (χ2v) is 9.37. The Morgan fingerprint density at radius 1 is 0.974 bits per heavy atom. The summed E-state index contributed by atoms with van der Waals surface area (Å²) in [5, 5.41) is 4.10. The van der Waals surface area contributed by atoms with E-state index in [0.717, 1.165) is 39.8 Å². The Balaban J connectivity index is 1.34. The molecule has 3 N–H and O–H groups in total. The van der Waals surface area contributed by atoms with Crippen LogP contribution in [-0.4, -0.2) is 40.6 Å². The number of H-pyrrole nitrogens is 2. The number of methoxy groups -OCH3 is 1. The highest BCUT2D eigenvalue weighted by atomic mass is 16.5. The number of hydrogen-bond acceptors (Lipinski definition) is 6. The molecule has 1 aliphatic rings. The summed E-state index contributed by atoms with van der Waals surface area (Å²) in [4.78, 5) is 37.0. The summed E-state index contributed by atoms with van der Waals surface area (Å²) >= 11 is 0. The number of hydrogen-bond donors (Lipinski definition) is 3. The first-order valence-corrected chi connectivity index (χ1v) is 12.7. The van der Waals surface area contributed by atoms with Crippen LogP contribution in [-0.2, 0) is 25.5 Å². The van der Waals surface area contributed by atoms with Crippen LogP contribution in [0.5, 0.6) is 0 Å². The van der Waals surface area contributed by atoms with E-state index in [9.17, 15) is 9.59 Å². The number of fused-ring (bicyclic) bond motifs is 1. The molecule has 0 fully saturated rings. The van der Waals surface area contributed by atoms with Crippen LogP contribution in [0.25, 0.3) is 17.0 Å². The Bertz CT molecular complexity index is 1590. The molecule has 0 bridgehead atoms. The first-order valence-electron chi connectivity index (χ1n) is 12.7. The largest absolute Gasteiger partial charge is 0.466 e. The highest BCUT2D eigenvalue weighted by Gasteiger charge is 2.38. The normalized spacial score (nSPS) is 15.6. The Morgan fingerprint density at radius 3 is 2.44 bits per heavy atom. The van der Waals surface area contributed by atoms with E-state index in [1.165, 1.54) is 7.11 Å². The van der Waals surface area contributed by atoms with E-state index in [1.54, 1.807) is 12.3 Å². The fourth-order valence-corrected chi connectivity index (χ4v) is 5.01. The third kappa shape index (κ3) is 5.40. The summed E-state index contributed by atoms with van der Waals surface area (Å²) in [6.45, 7) is 3.71. The van der Waals surface area contributed by atoms with Gasteiger partial charge in [0.15, 0.2) is 0 Å². The lowest BCUT2D eigenvalue weighted by atomic mass is 9.80. The van der Waals surface area contributed by atoms with Gasteiger partial charge in [0.2, 0.25) is 0 Å². The van der Waals surface area contributed by atoms with Crippen LogP contribution in [0, 0.1) is 0 Å². The number of carbonyl (C=O) groups excluding carboxylic acids is 2. The monoisotopic (exact) mass is 522 g/mol. The number of ether oxygens (including phenoxy) is 2. The fourth-order valence-electron chi connectivity index (χ4n) is 5.01. The topological polar surface area (TPSA) is 109 Å². The number of benzene rings is 2. The van der Waals surface area contributed by atoms with Crippen LogP contribution in [0.1, 0.15) is 42.3 Å². The number of dihydropyridines is 1. The quantitative estimate of drug-likeness (QED) is 0.276. The molecule has 0 saturated carbocycles. The zero-order chi connectivity index (χ0) is 27.4. The van der Waals surface area contributed by atoms with Crippen LogP contribution in [0.4, 0.5) is 0 Å². The third-order valence-electron chi connectivity index (χ3n) is 6.84. The van der Waals surface area contributed by atoms with Crippen LogP contribution >= 0.6 is 0 Å². The molecular weight excluding hydrogens is 492 g/mol. The summed E-state index contributed by atoms with van der Waals surface area (Å²) in [6, 6.07) is 15.9. The van der Waals surface area contributed by atoms with Gasteiger partial charge in [-0.1, -0.05) is 48.5 Å². The Hall–Kier alpha value is -4.85. The van der Waals surface area contributed by atoms with Crippen molar-refractivity contribution in [2.75, 3.05) is 13.7 Å². The van der Waals surface area contributed by atoms with Crippen molar-refractivity contribution in [1.82, 2.24) is 20.3 Å². The van der Waals surface area contributed by atoms with E-state index in [0.29, 0.717) is 22.5 Å². The van der Waals surface area contributed by atoms with Gasteiger partial charge in [-0.05, 0) is 42.7 Å². The van der Waals surface area contributed by atoms with Crippen molar-refractivity contribution < 1.29 is 19.1 Å². The predicted octanol–water partition coefficient (Wildman–Crippen LogP) is 5.15. The minimum atomic E-state index is -0.645. The molecular formula is C31H30N4O4. The molecule has 0 spiro atoms. The lowest BCUT2D eigenvalue weighted by Crippen LogP contribution is -2.32. The summed E-state index contributed by atoms with van der Waals surface area (Å²) in [7, 11) is 1.34. The van der Waals surface area contributed by atoms with Gasteiger partial charge in [0.05, 0.1) is 24.2 Å². The van der Waals surface area contributed by atoms with Crippen LogP contribution < -0.4 is 5.32 Å². The highest BCUT2D eigenvalue weighted by Crippen LogP contribution is 2.41. The average molecular weight is 523 g/mol. The predicted molar refractivity (Wildman–Crippen MR) is 149 cm³/mol. The number of aromatic nitrogens is 3. The maximum Gasteiger partial charge on any atom is 0.337 e. The van der Waals surface area contributed by atoms with Crippen LogP contribution in [0.15, 0.2) is 95.7 Å². The van der Waals surface area contributed by atoms with Gasteiger partial charge in [0.1, 0.15) is 12.4 Å². The average Bonchev–Trinajstić information content (AvgIpc) is 3.61. The minimum absolute atomic E-state index is 0.0839. The maximum absolute atomic E-state index is 13.5. The summed E-state index contributed by atoms with van der Waals surface area (Å²) < 4.78 is 10.8. The van der Waals surface area contributed by atoms with Crippen LogP contribution in [0.2, 0.25) is 0 Å². The van der Waals surface area contributed by atoms with E-state index < -0.39 is 17.9 Å². The van der Waals surface area contributed by atoms with Gasteiger partial charge in [-0.15, -0.1) is 0 Å². The Morgan fingerprint density at radius 2 is 1.72 bits per heavy atom. The van der Waals surface area contributed by atoms with Gasteiger partial charge in [-0.3, -0.25) is 0 Å². The molecule has 3 heterocycles. The number of imidazole rings is 1. The number of allylic oxidation sites excluding steroid dienone is 2. The maximum atomic E-state index is 13.5. The molecule has 39 heavy (non-hydrogen) atoms. The Kier molecular flexibility index (Phi) is 7.45. The number of carbonyl (C=O) groups is 2. The molecule has 0 aliphatic carbocycles. The first kappa shape index (κ1) is 25.8. The molecule has 4 aromatic rings. The third-order valence-corrected chi connectivity index (χ3v) is 6.84. The lowest BCUT2D eigenvalue weighted by Gasteiger charge is -2.29. The Labute approximate surface area is 226 Å². The SMILES string of the molecule is COC(=O)C1=C(C)NC(C)=C(C(=O)OCC=Cc2ccc(Cc3ncc[nH]3)cc2)C1c1c[nH]c2ccccc12. The highest BCUT2D eigenvalue weighted by molar-refractivity contribution is 6.01. The van der Waals surface area contributed by atoms with Gasteiger partial charge in [0.25, 0.3) is 0 Å². The van der Waals surface area contributed by atoms with Gasteiger partial charge >= 0.3 is 11.9 Å². The molecule has 2 aromatic carbocycles. The molecule has 0 amide bonds. The van der Waals surface area contributed by atoms with Gasteiger partial charge in [-0.25, -0.2) is 14.6 Å². The van der Waals surface area contributed by atoms with Crippen molar-refractivity contribution in [2.45, 2.75) is 26.2 Å². The van der Waals surface area contributed by atoms with E-state index in [-0.39, 0.29) is 6.61 Å². The zero-order valence-corrected chi connectivity index (χ0v) is 22.1. The van der Waals surface area contributed by atoms with Crippen molar-refractivity contribution in [3.8, 4) is 0 Å². The molecule has 1 atom stereocenters. The summed E-state index contributed by atoms with van der Waals surface area (Å²) in [6.07, 6.45) is 9.83. The molecule has 8 nitrogen and oxygen atoms in total. The lowest BCUT2D eigenvalue weighted by molar-refractivity contribution is -0.138. The second-order valence-electron chi connectivity index (χ2n) is 9.37. The smallest absolute Gasteiger partial charge is 0.337 e. The van der Waals surface area contributed by atoms with E-state index in [2.05, 4.69) is 20.3 Å². The standard InChI is InChI=1S/C31H30N4O4/c1-19-27(30(36)38-3)29(24-18-34-25-9-5-4-8-23(24)25)28(20(2)35-19)31(37)39-16-6-7-21-10-12-22(13-11-21)17-26-32-14-15-33-26/h4-15,18,29,34-35H,16-17H2,1-3H3,(H,32,33). The number of nitrogens with zero attached hydrogens (tertiary/aromatic N) is 1. The van der Waals surface area contributed by atoms with Gasteiger partial charge in [-0.2, -0.15) is 0 Å². The summed E-state index contributed by atoms with van der Waals surface area (Å²) in [5.74, 6) is -0.725. The minimum Gasteiger partial charge on any atom is -0.466 e. The van der Waals surface area contributed by atoms with E-state index in [4.69, 9.17) is 9.47 Å². The van der Waals surface area contributed by atoms with Crippen molar-refractivity contribution >= 4 is 28.9 Å².